The van der Waals surface area contributed by atoms with E-state index in [0.717, 1.165) is 6.42 Å². The summed E-state index contributed by atoms with van der Waals surface area (Å²) >= 11 is 0. The molecule has 3 aliphatic carbocycles. The van der Waals surface area contributed by atoms with Crippen molar-refractivity contribution in [2.75, 3.05) is 0 Å². The van der Waals surface area contributed by atoms with Crippen LogP contribution in [0.2, 0.25) is 0 Å². The zero-order valence-corrected chi connectivity index (χ0v) is 10.2. The van der Waals surface area contributed by atoms with Gasteiger partial charge in [-0.05, 0) is 36.5 Å². The zero-order valence-electron chi connectivity index (χ0n) is 10.2. The molecular formula is C13H15N3O2. The smallest absolute Gasteiger partial charge is 0.246 e. The van der Waals surface area contributed by atoms with Gasteiger partial charge in [0.05, 0.1) is 12.1 Å². The second kappa shape index (κ2) is 2.58. The van der Waals surface area contributed by atoms with Crippen molar-refractivity contribution in [1.82, 2.24) is 13.9 Å². The first-order valence-electron chi connectivity index (χ1n) is 6.77. The van der Waals surface area contributed by atoms with Crippen molar-refractivity contribution in [2.45, 2.75) is 24.9 Å². The number of nitrogens with zero attached hydrogens (tertiary/aromatic N) is 3. The molecule has 4 bridgehead atoms. The highest BCUT2D eigenvalue weighted by molar-refractivity contribution is 5.21. The maximum Gasteiger partial charge on any atom is 0.347 e. The third-order valence-corrected chi connectivity index (χ3v) is 5.78. The summed E-state index contributed by atoms with van der Waals surface area (Å²) < 4.78 is 4.76. The van der Waals surface area contributed by atoms with Crippen molar-refractivity contribution in [3.8, 4) is 0 Å². The van der Waals surface area contributed by atoms with Crippen LogP contribution in [0, 0.1) is 23.7 Å². The van der Waals surface area contributed by atoms with E-state index in [0.29, 0.717) is 23.7 Å². The summed E-state index contributed by atoms with van der Waals surface area (Å²) in [5, 5.41) is 0. The highest BCUT2D eigenvalue weighted by Gasteiger charge is 2.61. The van der Waals surface area contributed by atoms with Gasteiger partial charge >= 0.3 is 11.4 Å². The van der Waals surface area contributed by atoms with Gasteiger partial charge in [0.15, 0.2) is 0 Å². The lowest BCUT2D eigenvalue weighted by molar-refractivity contribution is 0.176. The Balaban J connectivity index is 1.80. The Hall–Kier alpha value is -1.52. The van der Waals surface area contributed by atoms with Crippen molar-refractivity contribution in [1.29, 1.82) is 0 Å². The Bertz CT molecular complexity index is 651. The fraction of sp³-hybridized carbons (Fsp3) is 0.692. The third kappa shape index (κ3) is 0.744. The summed E-state index contributed by atoms with van der Waals surface area (Å²) in [5.74, 6) is 2.49. The van der Waals surface area contributed by atoms with E-state index in [1.807, 2.05) is 0 Å². The van der Waals surface area contributed by atoms with Gasteiger partial charge in [-0.1, -0.05) is 12.2 Å². The average Bonchev–Trinajstić information content (AvgIpc) is 3.11. The molecule has 1 aliphatic heterocycles. The van der Waals surface area contributed by atoms with Crippen molar-refractivity contribution >= 4 is 0 Å². The Labute approximate surface area is 103 Å². The molecule has 0 radical (unpaired) electrons. The van der Waals surface area contributed by atoms with Gasteiger partial charge in [-0.3, -0.25) is 0 Å². The van der Waals surface area contributed by atoms with Gasteiger partial charge in [-0.25, -0.2) is 23.5 Å². The Morgan fingerprint density at radius 2 is 1.44 bits per heavy atom. The summed E-state index contributed by atoms with van der Waals surface area (Å²) in [6.07, 6.45) is 6.91. The predicted molar refractivity (Wildman–Crippen MR) is 64.3 cm³/mol. The first-order chi connectivity index (χ1) is 8.68. The molecule has 1 aromatic heterocycles. The molecule has 5 rings (SSSR count). The SMILES string of the molecule is Cn1c(=O)n2n(c1=O)[C@H]1C[C@H]2[C@H]2[C@H]1[C@H]1C=C[C@H]2C1. The molecule has 1 aromatic rings. The lowest BCUT2D eigenvalue weighted by Crippen LogP contribution is -2.38. The van der Waals surface area contributed by atoms with Crippen LogP contribution in [0.15, 0.2) is 21.7 Å². The highest BCUT2D eigenvalue weighted by Crippen LogP contribution is 2.64. The van der Waals surface area contributed by atoms with Gasteiger partial charge < -0.3 is 0 Å². The summed E-state index contributed by atoms with van der Waals surface area (Å²) in [5.41, 5.74) is -0.254. The topological polar surface area (TPSA) is 48.9 Å². The molecule has 0 amide bonds. The van der Waals surface area contributed by atoms with Gasteiger partial charge in [-0.15, -0.1) is 0 Å². The second-order valence-electron chi connectivity index (χ2n) is 6.29. The Morgan fingerprint density at radius 3 is 1.94 bits per heavy atom. The third-order valence-electron chi connectivity index (χ3n) is 5.78. The lowest BCUT2D eigenvalue weighted by atomic mass is 9.82. The van der Waals surface area contributed by atoms with Crippen LogP contribution >= 0.6 is 0 Å². The monoisotopic (exact) mass is 245 g/mol. The van der Waals surface area contributed by atoms with Gasteiger partial charge in [-0.2, -0.15) is 0 Å². The first-order valence-corrected chi connectivity index (χ1v) is 6.77. The van der Waals surface area contributed by atoms with E-state index < -0.39 is 0 Å². The molecule has 0 N–H and O–H groups in total. The number of allylic oxidation sites excluding steroid dienone is 2. The van der Waals surface area contributed by atoms with Crippen LogP contribution in [0.5, 0.6) is 0 Å². The van der Waals surface area contributed by atoms with Crippen LogP contribution in [0.4, 0.5) is 0 Å². The van der Waals surface area contributed by atoms with E-state index in [2.05, 4.69) is 12.2 Å². The van der Waals surface area contributed by atoms with Crippen LogP contribution in [-0.2, 0) is 7.05 Å². The summed E-state index contributed by atoms with van der Waals surface area (Å²) in [7, 11) is 1.59. The summed E-state index contributed by atoms with van der Waals surface area (Å²) in [4.78, 5) is 24.3. The molecule has 4 aliphatic rings. The fourth-order valence-electron chi connectivity index (χ4n) is 5.25. The van der Waals surface area contributed by atoms with Gasteiger partial charge in [0.25, 0.3) is 0 Å². The van der Waals surface area contributed by atoms with E-state index in [1.165, 1.54) is 11.0 Å². The quantitative estimate of drug-likeness (QED) is 0.487. The number of hydrogen-bond donors (Lipinski definition) is 0. The van der Waals surface area contributed by atoms with Crippen molar-refractivity contribution in [2.24, 2.45) is 30.7 Å². The predicted octanol–water partition coefficient (Wildman–Crippen LogP) is 0.286. The maximum absolute atomic E-state index is 12.2. The normalized spacial score (nSPS) is 45.8. The number of hydrogen-bond acceptors (Lipinski definition) is 2. The average molecular weight is 245 g/mol. The highest BCUT2D eigenvalue weighted by atomic mass is 16.2. The largest absolute Gasteiger partial charge is 0.347 e. The first kappa shape index (κ1) is 9.42. The molecule has 2 heterocycles. The fourth-order valence-corrected chi connectivity index (χ4v) is 5.25. The molecule has 6 atom stereocenters. The molecular weight excluding hydrogens is 230 g/mol. The molecule has 0 unspecified atom stereocenters. The van der Waals surface area contributed by atoms with Crippen LogP contribution < -0.4 is 11.4 Å². The molecule has 18 heavy (non-hydrogen) atoms. The van der Waals surface area contributed by atoms with Crippen molar-refractivity contribution < 1.29 is 0 Å². The van der Waals surface area contributed by atoms with Crippen molar-refractivity contribution in [3.63, 3.8) is 0 Å². The minimum atomic E-state index is -0.127. The van der Waals surface area contributed by atoms with Crippen LogP contribution in [0.1, 0.15) is 24.9 Å². The van der Waals surface area contributed by atoms with Gasteiger partial charge in [0.1, 0.15) is 0 Å². The summed E-state index contributed by atoms with van der Waals surface area (Å²) in [6.45, 7) is 0. The van der Waals surface area contributed by atoms with Crippen molar-refractivity contribution in [3.05, 3.63) is 33.1 Å². The van der Waals surface area contributed by atoms with E-state index in [9.17, 15) is 9.59 Å². The molecule has 0 aromatic carbocycles. The Morgan fingerprint density at radius 1 is 0.944 bits per heavy atom. The van der Waals surface area contributed by atoms with Gasteiger partial charge in [0, 0.05) is 7.05 Å². The van der Waals surface area contributed by atoms with E-state index in [-0.39, 0.29) is 23.5 Å². The molecule has 0 spiro atoms. The molecule has 2 saturated carbocycles. The Kier molecular flexibility index (Phi) is 1.35. The number of rotatable bonds is 0. The van der Waals surface area contributed by atoms with Crippen LogP contribution in [-0.4, -0.2) is 13.9 Å². The molecule has 94 valence electrons. The molecule has 5 nitrogen and oxygen atoms in total. The van der Waals surface area contributed by atoms with E-state index in [4.69, 9.17) is 0 Å². The van der Waals surface area contributed by atoms with E-state index >= 15 is 0 Å². The van der Waals surface area contributed by atoms with E-state index in [1.54, 1.807) is 16.4 Å². The molecule has 5 heteroatoms. The second-order valence-corrected chi connectivity index (χ2v) is 6.29. The van der Waals surface area contributed by atoms with Crippen LogP contribution in [0.25, 0.3) is 0 Å². The number of fused-ring (bicyclic) bond motifs is 12. The minimum Gasteiger partial charge on any atom is -0.246 e. The molecule has 2 fully saturated rings. The molecule has 0 saturated heterocycles. The maximum atomic E-state index is 12.2. The standard InChI is InChI=1S/C13H15N3O2/c1-14-12(17)15-8-5-9(16(15)13(14)18)11-7-3-2-6(4-7)10(8)11/h2-3,6-11H,4-5H2,1H3/t6-,7-,8-,9-,10-,11-/m0/s1. The van der Waals surface area contributed by atoms with Gasteiger partial charge in [0.2, 0.25) is 0 Å². The zero-order chi connectivity index (χ0) is 12.2. The lowest BCUT2D eigenvalue weighted by Gasteiger charge is -2.33. The minimum absolute atomic E-state index is 0.127. The number of aromatic nitrogens is 3. The van der Waals surface area contributed by atoms with Crippen LogP contribution in [0.3, 0.4) is 0 Å². The summed E-state index contributed by atoms with van der Waals surface area (Å²) in [6, 6.07) is 0.530.